The standard InChI is InChI=1S/C13H17NO5S/c1-9(8-12(15)16)20(18,19)10(2)13(17)14-11-6-4-3-5-7-11/h3-7,9-10H,8H2,1-2H3,(H,14,17)(H,15,16). The van der Waals surface area contributed by atoms with Gasteiger partial charge >= 0.3 is 5.97 Å². The maximum atomic E-state index is 12.1. The fourth-order valence-corrected chi connectivity index (χ4v) is 3.05. The normalized spacial score (nSPS) is 14.3. The minimum absolute atomic E-state index is 0.491. The van der Waals surface area contributed by atoms with E-state index in [0.717, 1.165) is 0 Å². The zero-order valence-corrected chi connectivity index (χ0v) is 12.1. The van der Waals surface area contributed by atoms with E-state index in [1.165, 1.54) is 13.8 Å². The summed E-state index contributed by atoms with van der Waals surface area (Å²) in [7, 11) is -3.85. The summed E-state index contributed by atoms with van der Waals surface area (Å²) in [5.41, 5.74) is 0.491. The average molecular weight is 299 g/mol. The molecule has 0 spiro atoms. The van der Waals surface area contributed by atoms with Gasteiger partial charge in [0, 0.05) is 5.69 Å². The Hall–Kier alpha value is -1.89. The highest BCUT2D eigenvalue weighted by molar-refractivity contribution is 7.93. The Morgan fingerprint density at radius 3 is 2.25 bits per heavy atom. The Labute approximate surface area is 117 Å². The summed E-state index contributed by atoms with van der Waals surface area (Å²) in [5, 5.41) is 8.71. The molecule has 0 saturated heterocycles. The molecule has 0 fully saturated rings. The SMILES string of the molecule is CC(CC(=O)O)S(=O)(=O)C(C)C(=O)Nc1ccccc1. The monoisotopic (exact) mass is 299 g/mol. The van der Waals surface area contributed by atoms with Gasteiger partial charge in [-0.3, -0.25) is 9.59 Å². The molecule has 0 aliphatic rings. The number of carboxylic acids is 1. The molecule has 0 aliphatic heterocycles. The van der Waals surface area contributed by atoms with Crippen molar-refractivity contribution < 1.29 is 23.1 Å². The zero-order chi connectivity index (χ0) is 15.3. The number of carbonyl (C=O) groups is 2. The van der Waals surface area contributed by atoms with Crippen molar-refractivity contribution in [2.75, 3.05) is 5.32 Å². The Morgan fingerprint density at radius 1 is 1.20 bits per heavy atom. The van der Waals surface area contributed by atoms with Crippen molar-refractivity contribution in [3.05, 3.63) is 30.3 Å². The maximum absolute atomic E-state index is 12.1. The lowest BCUT2D eigenvalue weighted by atomic mass is 10.3. The summed E-state index contributed by atoms with van der Waals surface area (Å²) in [6.45, 7) is 2.54. The van der Waals surface area contributed by atoms with Crippen LogP contribution in [0.2, 0.25) is 0 Å². The highest BCUT2D eigenvalue weighted by atomic mass is 32.2. The van der Waals surface area contributed by atoms with Crippen LogP contribution in [0.15, 0.2) is 30.3 Å². The van der Waals surface area contributed by atoms with Crippen LogP contribution < -0.4 is 5.32 Å². The second-order valence-electron chi connectivity index (χ2n) is 4.50. The van der Waals surface area contributed by atoms with E-state index in [0.29, 0.717) is 5.69 Å². The van der Waals surface area contributed by atoms with Crippen LogP contribution in [0.3, 0.4) is 0 Å². The molecule has 20 heavy (non-hydrogen) atoms. The van der Waals surface area contributed by atoms with Crippen LogP contribution in [0.5, 0.6) is 0 Å². The molecular formula is C13H17NO5S. The molecule has 0 aliphatic carbocycles. The number of hydrogen-bond acceptors (Lipinski definition) is 4. The van der Waals surface area contributed by atoms with Gasteiger partial charge in [-0.2, -0.15) is 0 Å². The van der Waals surface area contributed by atoms with E-state index in [2.05, 4.69) is 5.32 Å². The molecule has 1 aromatic rings. The number of carbonyl (C=O) groups excluding carboxylic acids is 1. The summed E-state index contributed by atoms with van der Waals surface area (Å²) in [5.74, 6) is -1.88. The number of nitrogens with one attached hydrogen (secondary N) is 1. The number of hydrogen-bond donors (Lipinski definition) is 2. The molecule has 2 unspecified atom stereocenters. The topological polar surface area (TPSA) is 101 Å². The summed E-state index contributed by atoms with van der Waals surface area (Å²) in [4.78, 5) is 22.5. The van der Waals surface area contributed by atoms with E-state index in [1.807, 2.05) is 0 Å². The van der Waals surface area contributed by atoms with Crippen LogP contribution in [0.4, 0.5) is 5.69 Å². The van der Waals surface area contributed by atoms with Gasteiger partial charge in [-0.05, 0) is 26.0 Å². The maximum Gasteiger partial charge on any atom is 0.304 e. The first kappa shape index (κ1) is 16.2. The molecule has 1 aromatic carbocycles. The molecule has 0 saturated carbocycles. The minimum atomic E-state index is -3.85. The van der Waals surface area contributed by atoms with Crippen molar-refractivity contribution >= 4 is 27.4 Å². The molecule has 110 valence electrons. The van der Waals surface area contributed by atoms with Crippen molar-refractivity contribution in [1.82, 2.24) is 0 Å². The van der Waals surface area contributed by atoms with Gasteiger partial charge < -0.3 is 10.4 Å². The lowest BCUT2D eigenvalue weighted by Crippen LogP contribution is -2.38. The fourth-order valence-electron chi connectivity index (χ4n) is 1.63. The summed E-state index contributed by atoms with van der Waals surface area (Å²) in [6.07, 6.45) is -0.523. The van der Waals surface area contributed by atoms with Gasteiger partial charge in [0.1, 0.15) is 5.25 Å². The highest BCUT2D eigenvalue weighted by Gasteiger charge is 2.34. The van der Waals surface area contributed by atoms with Crippen LogP contribution in [-0.2, 0) is 19.4 Å². The zero-order valence-electron chi connectivity index (χ0n) is 11.2. The third kappa shape index (κ3) is 4.06. The predicted molar refractivity (Wildman–Crippen MR) is 75.2 cm³/mol. The van der Waals surface area contributed by atoms with Crippen LogP contribution in [0.25, 0.3) is 0 Å². The van der Waals surface area contributed by atoms with Crippen molar-refractivity contribution in [2.24, 2.45) is 0 Å². The largest absolute Gasteiger partial charge is 0.481 e. The van der Waals surface area contributed by atoms with Crippen LogP contribution in [0.1, 0.15) is 20.3 Å². The predicted octanol–water partition coefficient (Wildman–Crippen LogP) is 1.29. The van der Waals surface area contributed by atoms with Gasteiger partial charge in [0.15, 0.2) is 9.84 Å². The Kier molecular flexibility index (Phi) is 5.26. The molecule has 0 aromatic heterocycles. The van der Waals surface area contributed by atoms with Crippen molar-refractivity contribution in [3.63, 3.8) is 0 Å². The molecule has 7 heteroatoms. The van der Waals surface area contributed by atoms with Crippen LogP contribution >= 0.6 is 0 Å². The smallest absolute Gasteiger partial charge is 0.304 e. The first-order valence-electron chi connectivity index (χ1n) is 6.05. The van der Waals surface area contributed by atoms with E-state index in [-0.39, 0.29) is 0 Å². The molecule has 0 bridgehead atoms. The number of rotatable bonds is 6. The first-order valence-corrected chi connectivity index (χ1v) is 7.66. The van der Waals surface area contributed by atoms with Crippen molar-refractivity contribution in [2.45, 2.75) is 30.8 Å². The van der Waals surface area contributed by atoms with E-state index in [9.17, 15) is 18.0 Å². The van der Waals surface area contributed by atoms with E-state index >= 15 is 0 Å². The molecule has 0 radical (unpaired) electrons. The van der Waals surface area contributed by atoms with E-state index < -0.39 is 38.6 Å². The van der Waals surface area contributed by atoms with E-state index in [1.54, 1.807) is 30.3 Å². The lowest BCUT2D eigenvalue weighted by Gasteiger charge is -2.17. The molecule has 2 atom stereocenters. The third-order valence-corrected chi connectivity index (χ3v) is 5.41. The Bertz CT molecular complexity index is 582. The number of aliphatic carboxylic acids is 1. The number of sulfone groups is 1. The van der Waals surface area contributed by atoms with E-state index in [4.69, 9.17) is 5.11 Å². The highest BCUT2D eigenvalue weighted by Crippen LogP contribution is 2.15. The molecule has 6 nitrogen and oxygen atoms in total. The summed E-state index contributed by atoms with van der Waals surface area (Å²) >= 11 is 0. The van der Waals surface area contributed by atoms with Gasteiger partial charge in [-0.15, -0.1) is 0 Å². The Morgan fingerprint density at radius 2 is 1.75 bits per heavy atom. The molecular weight excluding hydrogens is 282 g/mol. The molecule has 2 N–H and O–H groups in total. The van der Waals surface area contributed by atoms with Crippen LogP contribution in [-0.4, -0.2) is 35.9 Å². The number of para-hydroxylation sites is 1. The summed E-state index contributed by atoms with van der Waals surface area (Å²) in [6, 6.07) is 8.46. The Balaban J connectivity index is 2.80. The van der Waals surface area contributed by atoms with Gasteiger partial charge in [0.2, 0.25) is 5.91 Å². The minimum Gasteiger partial charge on any atom is -0.481 e. The average Bonchev–Trinajstić information content (AvgIpc) is 2.38. The number of carboxylic acid groups (broad SMARTS) is 1. The van der Waals surface area contributed by atoms with Crippen LogP contribution in [0, 0.1) is 0 Å². The quantitative estimate of drug-likeness (QED) is 0.824. The van der Waals surface area contributed by atoms with Gasteiger partial charge in [0.05, 0.1) is 11.7 Å². The number of amides is 1. The number of anilines is 1. The molecule has 1 amide bonds. The third-order valence-electron chi connectivity index (χ3n) is 2.93. The lowest BCUT2D eigenvalue weighted by molar-refractivity contribution is -0.137. The number of benzene rings is 1. The second-order valence-corrected chi connectivity index (χ2v) is 7.18. The fraction of sp³-hybridized carbons (Fsp3) is 0.385. The second kappa shape index (κ2) is 6.51. The summed E-state index contributed by atoms with van der Waals surface area (Å²) < 4.78 is 24.1. The first-order chi connectivity index (χ1) is 9.25. The van der Waals surface area contributed by atoms with Gasteiger partial charge in [-0.1, -0.05) is 18.2 Å². The molecule has 1 rings (SSSR count). The van der Waals surface area contributed by atoms with Gasteiger partial charge in [-0.25, -0.2) is 8.42 Å². The van der Waals surface area contributed by atoms with Gasteiger partial charge in [0.25, 0.3) is 0 Å². The van der Waals surface area contributed by atoms with Crippen molar-refractivity contribution in [1.29, 1.82) is 0 Å². The molecule has 0 heterocycles. The van der Waals surface area contributed by atoms with Crippen molar-refractivity contribution in [3.8, 4) is 0 Å².